The summed E-state index contributed by atoms with van der Waals surface area (Å²) in [6, 6.07) is 13.9. The van der Waals surface area contributed by atoms with Crippen LogP contribution in [-0.4, -0.2) is 29.1 Å². The van der Waals surface area contributed by atoms with E-state index in [9.17, 15) is 9.90 Å². The van der Waals surface area contributed by atoms with Gasteiger partial charge in [-0.2, -0.15) is 0 Å². The molecule has 2 aromatic rings. The number of carbonyl (C=O) groups is 1. The lowest BCUT2D eigenvalue weighted by molar-refractivity contribution is -0.141. The average molecular weight is 282 g/mol. The van der Waals surface area contributed by atoms with Gasteiger partial charge in [0.2, 0.25) is 0 Å². The normalized spacial score (nSPS) is 21.5. The van der Waals surface area contributed by atoms with Gasteiger partial charge < -0.3 is 10.0 Å². The monoisotopic (exact) mass is 282 g/mol. The maximum absolute atomic E-state index is 11.6. The Morgan fingerprint density at radius 1 is 1.19 bits per heavy atom. The van der Waals surface area contributed by atoms with Crippen molar-refractivity contribution in [2.75, 3.05) is 18.0 Å². The summed E-state index contributed by atoms with van der Waals surface area (Å²) in [7, 11) is 0. The Morgan fingerprint density at radius 2 is 1.95 bits per heavy atom. The first-order valence-corrected chi connectivity index (χ1v) is 7.10. The summed E-state index contributed by atoms with van der Waals surface area (Å²) in [6.07, 6.45) is 1.72. The summed E-state index contributed by atoms with van der Waals surface area (Å²) in [4.78, 5) is 18.0. The van der Waals surface area contributed by atoms with Gasteiger partial charge in [-0.1, -0.05) is 23.8 Å². The molecule has 0 unspecified atom stereocenters. The van der Waals surface area contributed by atoms with Gasteiger partial charge in [-0.15, -0.1) is 0 Å². The van der Waals surface area contributed by atoms with Crippen LogP contribution in [0.1, 0.15) is 17.2 Å². The second-order valence-electron chi connectivity index (χ2n) is 5.55. The van der Waals surface area contributed by atoms with Gasteiger partial charge in [0.15, 0.2) is 0 Å². The molecule has 1 saturated heterocycles. The molecule has 1 aliphatic rings. The number of benzene rings is 1. The van der Waals surface area contributed by atoms with Crippen LogP contribution in [0.3, 0.4) is 0 Å². The van der Waals surface area contributed by atoms with E-state index in [0.717, 1.165) is 11.4 Å². The second-order valence-corrected chi connectivity index (χ2v) is 5.55. The molecule has 1 aromatic carbocycles. The molecule has 4 nitrogen and oxygen atoms in total. The number of hydrogen-bond acceptors (Lipinski definition) is 3. The summed E-state index contributed by atoms with van der Waals surface area (Å²) in [6.45, 7) is 3.27. The van der Waals surface area contributed by atoms with Crippen molar-refractivity contribution in [1.29, 1.82) is 0 Å². The standard InChI is InChI=1S/C17H18N2O2/c1-12-5-7-13(8-6-12)19-10-14(15(11-19)17(20)21)16-4-2-3-9-18-16/h2-9,14-15H,10-11H2,1H3,(H,20,21)/t14-,15+/m1/s1. The molecule has 2 heterocycles. The number of anilines is 1. The zero-order chi connectivity index (χ0) is 14.8. The van der Waals surface area contributed by atoms with Crippen molar-refractivity contribution >= 4 is 11.7 Å². The quantitative estimate of drug-likeness (QED) is 0.940. The molecule has 0 amide bonds. The molecule has 0 spiro atoms. The third-order valence-electron chi connectivity index (χ3n) is 4.10. The lowest BCUT2D eigenvalue weighted by atomic mass is 9.93. The molecular formula is C17H18N2O2. The minimum Gasteiger partial charge on any atom is -0.481 e. The van der Waals surface area contributed by atoms with Gasteiger partial charge >= 0.3 is 5.97 Å². The first-order valence-electron chi connectivity index (χ1n) is 7.10. The maximum atomic E-state index is 11.6. The molecular weight excluding hydrogens is 264 g/mol. The number of carboxylic acid groups (broad SMARTS) is 1. The highest BCUT2D eigenvalue weighted by Gasteiger charge is 2.39. The fourth-order valence-corrected chi connectivity index (χ4v) is 2.92. The van der Waals surface area contributed by atoms with Crippen molar-refractivity contribution in [3.05, 3.63) is 59.9 Å². The topological polar surface area (TPSA) is 53.4 Å². The van der Waals surface area contributed by atoms with Gasteiger partial charge in [0.05, 0.1) is 5.92 Å². The molecule has 21 heavy (non-hydrogen) atoms. The van der Waals surface area contributed by atoms with Gasteiger partial charge in [0.1, 0.15) is 0 Å². The Balaban J connectivity index is 1.88. The van der Waals surface area contributed by atoms with Crippen molar-refractivity contribution in [2.45, 2.75) is 12.8 Å². The van der Waals surface area contributed by atoms with Crippen LogP contribution in [0.2, 0.25) is 0 Å². The van der Waals surface area contributed by atoms with E-state index in [2.05, 4.69) is 34.1 Å². The highest BCUT2D eigenvalue weighted by molar-refractivity contribution is 5.74. The molecule has 0 aliphatic carbocycles. The zero-order valence-corrected chi connectivity index (χ0v) is 11.9. The summed E-state index contributed by atoms with van der Waals surface area (Å²) in [5.74, 6) is -1.23. The highest BCUT2D eigenvalue weighted by atomic mass is 16.4. The highest BCUT2D eigenvalue weighted by Crippen LogP contribution is 2.34. The van der Waals surface area contributed by atoms with Gasteiger partial charge in [-0.3, -0.25) is 9.78 Å². The number of hydrogen-bond donors (Lipinski definition) is 1. The van der Waals surface area contributed by atoms with Gasteiger partial charge in [0.25, 0.3) is 0 Å². The number of nitrogens with zero attached hydrogens (tertiary/aromatic N) is 2. The lowest BCUT2D eigenvalue weighted by Crippen LogP contribution is -2.23. The van der Waals surface area contributed by atoms with Crippen LogP contribution in [-0.2, 0) is 4.79 Å². The largest absolute Gasteiger partial charge is 0.481 e. The Morgan fingerprint density at radius 3 is 2.57 bits per heavy atom. The summed E-state index contributed by atoms with van der Waals surface area (Å²) in [5.41, 5.74) is 3.14. The minimum atomic E-state index is -0.750. The first-order chi connectivity index (χ1) is 10.1. The van der Waals surface area contributed by atoms with E-state index >= 15 is 0 Å². The number of rotatable bonds is 3. The van der Waals surface area contributed by atoms with Crippen molar-refractivity contribution in [3.8, 4) is 0 Å². The van der Waals surface area contributed by atoms with E-state index in [-0.39, 0.29) is 5.92 Å². The number of pyridine rings is 1. The Hall–Kier alpha value is -2.36. The number of aliphatic carboxylic acids is 1. The van der Waals surface area contributed by atoms with Crippen LogP contribution in [0.4, 0.5) is 5.69 Å². The molecule has 2 atom stereocenters. The molecule has 3 rings (SSSR count). The fourth-order valence-electron chi connectivity index (χ4n) is 2.92. The molecule has 1 aliphatic heterocycles. The molecule has 1 fully saturated rings. The SMILES string of the molecule is Cc1ccc(N2C[C@H](C(=O)O)[C@H](c3ccccn3)C2)cc1. The van der Waals surface area contributed by atoms with E-state index in [0.29, 0.717) is 13.1 Å². The van der Waals surface area contributed by atoms with E-state index in [1.165, 1.54) is 5.56 Å². The van der Waals surface area contributed by atoms with Crippen LogP contribution >= 0.6 is 0 Å². The molecule has 0 saturated carbocycles. The Bertz CT molecular complexity index is 625. The lowest BCUT2D eigenvalue weighted by Gasteiger charge is -2.18. The number of carboxylic acids is 1. The van der Waals surface area contributed by atoms with E-state index in [4.69, 9.17) is 0 Å². The van der Waals surface area contributed by atoms with Crippen molar-refractivity contribution in [2.24, 2.45) is 5.92 Å². The molecule has 0 radical (unpaired) electrons. The van der Waals surface area contributed by atoms with E-state index < -0.39 is 11.9 Å². The maximum Gasteiger partial charge on any atom is 0.309 e. The predicted molar refractivity (Wildman–Crippen MR) is 81.5 cm³/mol. The van der Waals surface area contributed by atoms with Crippen LogP contribution in [0, 0.1) is 12.8 Å². The van der Waals surface area contributed by atoms with Crippen LogP contribution in [0.25, 0.3) is 0 Å². The van der Waals surface area contributed by atoms with Crippen LogP contribution < -0.4 is 4.90 Å². The van der Waals surface area contributed by atoms with Gasteiger partial charge in [-0.05, 0) is 31.2 Å². The van der Waals surface area contributed by atoms with Crippen molar-refractivity contribution in [1.82, 2.24) is 4.98 Å². The zero-order valence-electron chi connectivity index (χ0n) is 11.9. The third kappa shape index (κ3) is 2.75. The van der Waals surface area contributed by atoms with E-state index in [1.54, 1.807) is 6.20 Å². The fraction of sp³-hybridized carbons (Fsp3) is 0.294. The molecule has 1 N–H and O–H groups in total. The third-order valence-corrected chi connectivity index (χ3v) is 4.10. The molecule has 108 valence electrons. The molecule has 0 bridgehead atoms. The summed E-state index contributed by atoms with van der Waals surface area (Å²) >= 11 is 0. The number of aromatic nitrogens is 1. The van der Waals surface area contributed by atoms with Crippen molar-refractivity contribution in [3.63, 3.8) is 0 Å². The predicted octanol–water partition coefficient (Wildman–Crippen LogP) is 2.69. The number of aryl methyl sites for hydroxylation is 1. The van der Waals surface area contributed by atoms with Crippen LogP contribution in [0.15, 0.2) is 48.7 Å². The van der Waals surface area contributed by atoms with Crippen LogP contribution in [0.5, 0.6) is 0 Å². The Kier molecular flexibility index (Phi) is 3.60. The average Bonchev–Trinajstić information content (AvgIpc) is 2.94. The molecule has 1 aromatic heterocycles. The Labute approximate surface area is 124 Å². The second kappa shape index (κ2) is 5.56. The van der Waals surface area contributed by atoms with Crippen molar-refractivity contribution < 1.29 is 9.90 Å². The van der Waals surface area contributed by atoms with Gasteiger partial charge in [-0.25, -0.2) is 0 Å². The minimum absolute atomic E-state index is 0.0648. The first kappa shape index (κ1) is 13.6. The van der Waals surface area contributed by atoms with Gasteiger partial charge in [0, 0.05) is 36.6 Å². The molecule has 4 heteroatoms. The summed E-state index contributed by atoms with van der Waals surface area (Å²) in [5, 5.41) is 9.50. The van der Waals surface area contributed by atoms with E-state index in [1.807, 2.05) is 25.1 Å². The summed E-state index contributed by atoms with van der Waals surface area (Å²) < 4.78 is 0. The smallest absolute Gasteiger partial charge is 0.309 e.